The molecule has 0 aliphatic carbocycles. The van der Waals surface area contributed by atoms with Gasteiger partial charge in [0.25, 0.3) is 17.5 Å². The average molecular weight is 482 g/mol. The smallest absolute Gasteiger partial charge is 0.335 e. The Kier molecular flexibility index (Phi) is 5.22. The minimum atomic E-state index is -0.869. The topological polar surface area (TPSA) is 123 Å². The molecule has 0 bridgehead atoms. The summed E-state index contributed by atoms with van der Waals surface area (Å²) in [6.07, 6.45) is 1.19. The summed E-state index contributed by atoms with van der Waals surface area (Å²) in [5.74, 6) is -1.37. The summed E-state index contributed by atoms with van der Waals surface area (Å²) in [4.78, 5) is 49.0. The monoisotopic (exact) mass is 481 g/mol. The number of nitrogens with one attached hydrogen (secondary N) is 1. The number of hydrogen-bond acceptors (Lipinski definition) is 6. The molecule has 3 aromatic rings. The van der Waals surface area contributed by atoms with Gasteiger partial charge in [0, 0.05) is 10.5 Å². The lowest BCUT2D eigenvalue weighted by Crippen LogP contribution is -2.54. The van der Waals surface area contributed by atoms with Crippen molar-refractivity contribution in [1.29, 1.82) is 0 Å². The van der Waals surface area contributed by atoms with Crippen molar-refractivity contribution >= 4 is 51.2 Å². The van der Waals surface area contributed by atoms with E-state index in [9.17, 15) is 24.5 Å². The largest absolute Gasteiger partial charge is 0.456 e. The molecule has 1 fully saturated rings. The molecule has 1 N–H and O–H groups in total. The van der Waals surface area contributed by atoms with Gasteiger partial charge in [-0.15, -0.1) is 0 Å². The molecule has 1 aliphatic heterocycles. The molecule has 4 rings (SSSR count). The summed E-state index contributed by atoms with van der Waals surface area (Å²) in [7, 11) is 0. The fourth-order valence-corrected chi connectivity index (χ4v) is 3.31. The highest BCUT2D eigenvalue weighted by Crippen LogP contribution is 2.32. The van der Waals surface area contributed by atoms with E-state index in [1.54, 1.807) is 30.3 Å². The molecule has 0 unspecified atom stereocenters. The van der Waals surface area contributed by atoms with E-state index in [2.05, 4.69) is 21.2 Å². The first-order chi connectivity index (χ1) is 14.8. The van der Waals surface area contributed by atoms with Crippen molar-refractivity contribution in [2.75, 3.05) is 4.90 Å². The van der Waals surface area contributed by atoms with E-state index in [0.717, 1.165) is 9.37 Å². The minimum absolute atomic E-state index is 0.122. The quantitative estimate of drug-likeness (QED) is 0.256. The Hall–Kier alpha value is -4.05. The summed E-state index contributed by atoms with van der Waals surface area (Å²) < 4.78 is 6.38. The summed E-state index contributed by atoms with van der Waals surface area (Å²) in [6.45, 7) is 0. The number of rotatable bonds is 4. The lowest BCUT2D eigenvalue weighted by Gasteiger charge is -2.26. The Morgan fingerprint density at radius 3 is 2.42 bits per heavy atom. The number of halogens is 1. The number of benzene rings is 2. The number of nitro groups is 1. The Bertz CT molecular complexity index is 1260. The van der Waals surface area contributed by atoms with Crippen LogP contribution in [0.1, 0.15) is 5.76 Å². The summed E-state index contributed by atoms with van der Waals surface area (Å²) >= 11 is 3.28. The third-order valence-corrected chi connectivity index (χ3v) is 4.99. The second-order valence-corrected chi connectivity index (χ2v) is 7.33. The van der Waals surface area contributed by atoms with Crippen LogP contribution in [0.3, 0.4) is 0 Å². The van der Waals surface area contributed by atoms with Crippen molar-refractivity contribution in [3.63, 3.8) is 0 Å². The van der Waals surface area contributed by atoms with Crippen molar-refractivity contribution in [1.82, 2.24) is 5.32 Å². The molecule has 0 spiro atoms. The van der Waals surface area contributed by atoms with Gasteiger partial charge in [0.05, 0.1) is 16.2 Å². The van der Waals surface area contributed by atoms with Crippen LogP contribution in [0.25, 0.3) is 17.4 Å². The van der Waals surface area contributed by atoms with Crippen LogP contribution < -0.4 is 10.2 Å². The number of nitro benzene ring substituents is 1. The van der Waals surface area contributed by atoms with Crippen LogP contribution in [-0.4, -0.2) is 22.8 Å². The van der Waals surface area contributed by atoms with Crippen LogP contribution >= 0.6 is 15.9 Å². The van der Waals surface area contributed by atoms with Gasteiger partial charge in [-0.1, -0.05) is 28.1 Å². The molecule has 31 heavy (non-hydrogen) atoms. The predicted octanol–water partition coefficient (Wildman–Crippen LogP) is 4.28. The molecule has 1 aliphatic rings. The van der Waals surface area contributed by atoms with E-state index in [0.29, 0.717) is 0 Å². The summed E-state index contributed by atoms with van der Waals surface area (Å²) in [6, 6.07) is 14.5. The van der Waals surface area contributed by atoms with Gasteiger partial charge < -0.3 is 4.42 Å². The molecule has 10 heteroatoms. The Balaban J connectivity index is 1.69. The van der Waals surface area contributed by atoms with Crippen molar-refractivity contribution < 1.29 is 23.7 Å². The number of para-hydroxylation sites is 1. The van der Waals surface area contributed by atoms with Crippen molar-refractivity contribution in [3.05, 3.63) is 86.6 Å². The van der Waals surface area contributed by atoms with Crippen LogP contribution in [0.4, 0.5) is 16.2 Å². The van der Waals surface area contributed by atoms with Gasteiger partial charge in [-0.2, -0.15) is 0 Å². The van der Waals surface area contributed by atoms with Crippen LogP contribution in [-0.2, 0) is 9.59 Å². The molecule has 0 atom stereocenters. The molecule has 0 radical (unpaired) electrons. The zero-order valence-electron chi connectivity index (χ0n) is 15.6. The number of carbonyl (C=O) groups is 3. The van der Waals surface area contributed by atoms with Gasteiger partial charge in [-0.05, 0) is 48.5 Å². The Labute approximate surface area is 183 Å². The highest BCUT2D eigenvalue weighted by molar-refractivity contribution is 9.10. The maximum Gasteiger partial charge on any atom is 0.335 e. The SMILES string of the molecule is O=C1NC(=O)N(c2ccc(Br)cc2)C(=O)C1=Cc1ccc(-c2ccccc2[N+](=O)[O-])o1. The van der Waals surface area contributed by atoms with Gasteiger partial charge >= 0.3 is 6.03 Å². The first-order valence-corrected chi connectivity index (χ1v) is 9.65. The summed E-state index contributed by atoms with van der Waals surface area (Å²) in [5, 5.41) is 13.4. The van der Waals surface area contributed by atoms with Gasteiger partial charge in [0.15, 0.2) is 0 Å². The lowest BCUT2D eigenvalue weighted by atomic mass is 10.1. The van der Waals surface area contributed by atoms with Gasteiger partial charge in [-0.3, -0.25) is 25.0 Å². The number of urea groups is 1. The van der Waals surface area contributed by atoms with Crippen molar-refractivity contribution in [3.8, 4) is 11.3 Å². The van der Waals surface area contributed by atoms with Crippen molar-refractivity contribution in [2.24, 2.45) is 0 Å². The molecule has 4 amide bonds. The molecule has 9 nitrogen and oxygen atoms in total. The third-order valence-electron chi connectivity index (χ3n) is 4.47. The standard InChI is InChI=1S/C21H12BrN3O6/c22-12-5-7-13(8-6-12)24-20(27)16(19(26)23-21(24)28)11-14-9-10-18(31-14)15-3-1-2-4-17(15)25(29)30/h1-11H,(H,23,26,28). The van der Waals surface area contributed by atoms with E-state index in [1.165, 1.54) is 36.4 Å². The minimum Gasteiger partial charge on any atom is -0.456 e. The number of imide groups is 2. The zero-order chi connectivity index (χ0) is 22.1. The van der Waals surface area contributed by atoms with E-state index < -0.39 is 22.8 Å². The van der Waals surface area contributed by atoms with E-state index in [1.807, 2.05) is 0 Å². The number of hydrogen-bond donors (Lipinski definition) is 1. The number of amides is 4. The van der Waals surface area contributed by atoms with Crippen molar-refractivity contribution in [2.45, 2.75) is 0 Å². The normalized spacial score (nSPS) is 15.3. The lowest BCUT2D eigenvalue weighted by molar-refractivity contribution is -0.384. The van der Waals surface area contributed by atoms with E-state index in [-0.39, 0.29) is 34.0 Å². The van der Waals surface area contributed by atoms with E-state index in [4.69, 9.17) is 4.42 Å². The molecule has 1 aromatic heterocycles. The van der Waals surface area contributed by atoms with Crippen LogP contribution in [0.2, 0.25) is 0 Å². The van der Waals surface area contributed by atoms with Gasteiger partial charge in [0.1, 0.15) is 17.1 Å². The third kappa shape index (κ3) is 3.88. The maximum absolute atomic E-state index is 12.9. The predicted molar refractivity (Wildman–Crippen MR) is 114 cm³/mol. The molecule has 1 saturated heterocycles. The molecule has 2 heterocycles. The number of barbiturate groups is 1. The number of nitrogens with zero attached hydrogens (tertiary/aromatic N) is 2. The number of anilines is 1. The maximum atomic E-state index is 12.9. The summed E-state index contributed by atoms with van der Waals surface area (Å²) in [5.41, 5.74) is 0.0768. The van der Waals surface area contributed by atoms with Gasteiger partial charge in [0.2, 0.25) is 0 Å². The molecule has 2 aromatic carbocycles. The van der Waals surface area contributed by atoms with Crippen LogP contribution in [0.15, 0.2) is 75.1 Å². The highest BCUT2D eigenvalue weighted by Gasteiger charge is 2.37. The Morgan fingerprint density at radius 1 is 1.00 bits per heavy atom. The van der Waals surface area contributed by atoms with Gasteiger partial charge in [-0.25, -0.2) is 9.69 Å². The van der Waals surface area contributed by atoms with Crippen LogP contribution in [0, 0.1) is 10.1 Å². The fourth-order valence-electron chi connectivity index (χ4n) is 3.04. The first kappa shape index (κ1) is 20.2. The molecular weight excluding hydrogens is 470 g/mol. The first-order valence-electron chi connectivity index (χ1n) is 8.86. The number of furan rings is 1. The van der Waals surface area contributed by atoms with Crippen LogP contribution in [0.5, 0.6) is 0 Å². The fraction of sp³-hybridized carbons (Fsp3) is 0. The molecular formula is C21H12BrN3O6. The molecule has 154 valence electrons. The molecule has 0 saturated carbocycles. The second-order valence-electron chi connectivity index (χ2n) is 6.41. The second kappa shape index (κ2) is 8.00. The number of carbonyl (C=O) groups excluding carboxylic acids is 3. The zero-order valence-corrected chi connectivity index (χ0v) is 17.2. The van der Waals surface area contributed by atoms with E-state index >= 15 is 0 Å². The Morgan fingerprint density at radius 2 is 1.71 bits per heavy atom. The average Bonchev–Trinajstić information content (AvgIpc) is 3.21. The highest BCUT2D eigenvalue weighted by atomic mass is 79.9.